The van der Waals surface area contributed by atoms with Crippen LogP contribution < -0.4 is 10.5 Å². The van der Waals surface area contributed by atoms with Crippen LogP contribution in [0.15, 0.2) is 18.2 Å². The van der Waals surface area contributed by atoms with Crippen molar-refractivity contribution in [3.63, 3.8) is 0 Å². The molecule has 0 aromatic heterocycles. The summed E-state index contributed by atoms with van der Waals surface area (Å²) in [5.41, 5.74) is 4.64. The largest absolute Gasteiger partial charge is 0.483 e. The normalized spacial score (nSPS) is 16.0. The molecule has 0 atom stereocenters. The molecule has 128 valence electrons. The van der Waals surface area contributed by atoms with Gasteiger partial charge in [0.2, 0.25) is 0 Å². The number of hydrogen-bond acceptors (Lipinski definition) is 4. The van der Waals surface area contributed by atoms with Gasteiger partial charge in [0.1, 0.15) is 11.3 Å². The van der Waals surface area contributed by atoms with Crippen molar-refractivity contribution >= 4 is 23.4 Å². The van der Waals surface area contributed by atoms with E-state index in [1.807, 2.05) is 0 Å². The number of halogens is 1. The van der Waals surface area contributed by atoms with E-state index in [1.165, 1.54) is 17.0 Å². The average Bonchev–Trinajstić information content (AvgIpc) is 2.60. The number of hydrogen-bond donors (Lipinski definition) is 1. The Morgan fingerprint density at radius 3 is 2.62 bits per heavy atom. The first-order valence-corrected chi connectivity index (χ1v) is 8.17. The number of rotatable bonds is 5. The molecule has 1 aliphatic rings. The Labute approximate surface area is 146 Å². The zero-order valence-electron chi connectivity index (χ0n) is 13.5. The standard InChI is InChI=1S/C17H20ClN3O3/c1-21(17(11-19)7-3-2-4-8-17)15(22)10-24-14-6-5-12(18)9-13(14)16(20)23/h5-6,9H,2-4,7-8,10H2,1H3,(H2,20,23). The SMILES string of the molecule is CN(C(=O)COc1ccc(Cl)cc1C(N)=O)C1(C#N)CCCCC1. The lowest BCUT2D eigenvalue weighted by Crippen LogP contribution is -2.51. The predicted molar refractivity (Wildman–Crippen MR) is 89.7 cm³/mol. The second-order valence-corrected chi connectivity index (χ2v) is 6.39. The lowest BCUT2D eigenvalue weighted by Gasteiger charge is -2.38. The summed E-state index contributed by atoms with van der Waals surface area (Å²) in [5, 5.41) is 9.89. The van der Waals surface area contributed by atoms with Gasteiger partial charge in [-0.25, -0.2) is 0 Å². The molecule has 0 spiro atoms. The van der Waals surface area contributed by atoms with Gasteiger partial charge in [0, 0.05) is 12.1 Å². The number of nitrogens with two attached hydrogens (primary N) is 1. The van der Waals surface area contributed by atoms with E-state index in [0.717, 1.165) is 19.3 Å². The molecule has 0 aliphatic heterocycles. The minimum Gasteiger partial charge on any atom is -0.483 e. The highest BCUT2D eigenvalue weighted by molar-refractivity contribution is 6.31. The number of ether oxygens (including phenoxy) is 1. The molecule has 1 aliphatic carbocycles. The van der Waals surface area contributed by atoms with Crippen LogP contribution in [0.25, 0.3) is 0 Å². The fourth-order valence-corrected chi connectivity index (χ4v) is 3.13. The molecule has 6 nitrogen and oxygen atoms in total. The molecule has 2 amide bonds. The van der Waals surface area contributed by atoms with Crippen molar-refractivity contribution in [3.05, 3.63) is 28.8 Å². The summed E-state index contributed by atoms with van der Waals surface area (Å²) in [7, 11) is 1.62. The van der Waals surface area contributed by atoms with Crippen molar-refractivity contribution < 1.29 is 14.3 Å². The van der Waals surface area contributed by atoms with Gasteiger partial charge in [0.15, 0.2) is 6.61 Å². The molecule has 24 heavy (non-hydrogen) atoms. The average molecular weight is 350 g/mol. The van der Waals surface area contributed by atoms with Gasteiger partial charge in [0.25, 0.3) is 11.8 Å². The highest BCUT2D eigenvalue weighted by atomic mass is 35.5. The Kier molecular flexibility index (Phi) is 5.68. The van der Waals surface area contributed by atoms with E-state index in [-0.39, 0.29) is 23.8 Å². The first kappa shape index (κ1) is 18.1. The molecule has 1 saturated carbocycles. The van der Waals surface area contributed by atoms with Crippen molar-refractivity contribution in [2.75, 3.05) is 13.7 Å². The van der Waals surface area contributed by atoms with Crippen molar-refractivity contribution in [1.29, 1.82) is 5.26 Å². The molecule has 0 radical (unpaired) electrons. The van der Waals surface area contributed by atoms with Crippen molar-refractivity contribution in [2.45, 2.75) is 37.6 Å². The number of likely N-dealkylation sites (N-methyl/N-ethyl adjacent to an activating group) is 1. The van der Waals surface area contributed by atoms with Crippen LogP contribution in [-0.4, -0.2) is 35.9 Å². The third kappa shape index (κ3) is 3.80. The van der Waals surface area contributed by atoms with Crippen LogP contribution in [0.2, 0.25) is 5.02 Å². The second kappa shape index (κ2) is 7.54. The monoisotopic (exact) mass is 349 g/mol. The van der Waals surface area contributed by atoms with Gasteiger partial charge in [-0.1, -0.05) is 30.9 Å². The van der Waals surface area contributed by atoms with E-state index in [4.69, 9.17) is 22.1 Å². The van der Waals surface area contributed by atoms with Crippen LogP contribution in [0.3, 0.4) is 0 Å². The summed E-state index contributed by atoms with van der Waals surface area (Å²) < 4.78 is 5.46. The predicted octanol–water partition coefficient (Wildman–Crippen LogP) is 2.50. The smallest absolute Gasteiger partial charge is 0.261 e. The Morgan fingerprint density at radius 2 is 2.04 bits per heavy atom. The highest BCUT2D eigenvalue weighted by Crippen LogP contribution is 2.32. The number of nitrogens with zero attached hydrogens (tertiary/aromatic N) is 2. The van der Waals surface area contributed by atoms with Crippen LogP contribution in [-0.2, 0) is 4.79 Å². The zero-order chi connectivity index (χ0) is 17.7. The summed E-state index contributed by atoms with van der Waals surface area (Å²) >= 11 is 5.84. The van der Waals surface area contributed by atoms with Gasteiger partial charge >= 0.3 is 0 Å². The third-order valence-electron chi connectivity index (χ3n) is 4.46. The fourth-order valence-electron chi connectivity index (χ4n) is 2.95. The van der Waals surface area contributed by atoms with Gasteiger partial charge in [-0.3, -0.25) is 9.59 Å². The third-order valence-corrected chi connectivity index (χ3v) is 4.70. The Hall–Kier alpha value is -2.26. The first-order valence-electron chi connectivity index (χ1n) is 7.80. The fraction of sp³-hybridized carbons (Fsp3) is 0.471. The van der Waals surface area contributed by atoms with E-state index in [9.17, 15) is 14.9 Å². The lowest BCUT2D eigenvalue weighted by molar-refractivity contribution is -0.137. The molecule has 0 unspecified atom stereocenters. The molecule has 1 aromatic rings. The van der Waals surface area contributed by atoms with Crippen LogP contribution in [0.1, 0.15) is 42.5 Å². The second-order valence-electron chi connectivity index (χ2n) is 5.95. The molecule has 0 bridgehead atoms. The van der Waals surface area contributed by atoms with Gasteiger partial charge in [0.05, 0.1) is 11.6 Å². The van der Waals surface area contributed by atoms with Crippen molar-refractivity contribution in [2.24, 2.45) is 5.73 Å². The van der Waals surface area contributed by atoms with Crippen molar-refractivity contribution in [1.82, 2.24) is 4.90 Å². The van der Waals surface area contributed by atoms with Gasteiger partial charge in [-0.15, -0.1) is 0 Å². The van der Waals surface area contributed by atoms with E-state index in [2.05, 4.69) is 6.07 Å². The highest BCUT2D eigenvalue weighted by Gasteiger charge is 2.38. The number of carbonyl (C=O) groups excluding carboxylic acids is 2. The quantitative estimate of drug-likeness (QED) is 0.883. The lowest BCUT2D eigenvalue weighted by atomic mass is 9.81. The minimum absolute atomic E-state index is 0.116. The number of benzene rings is 1. The zero-order valence-corrected chi connectivity index (χ0v) is 14.3. The summed E-state index contributed by atoms with van der Waals surface area (Å²) in [6, 6.07) is 6.73. The molecule has 1 fully saturated rings. The topological polar surface area (TPSA) is 96.4 Å². The summed E-state index contributed by atoms with van der Waals surface area (Å²) in [6.07, 6.45) is 4.26. The van der Waals surface area contributed by atoms with Crippen molar-refractivity contribution in [3.8, 4) is 11.8 Å². The van der Waals surface area contributed by atoms with E-state index >= 15 is 0 Å². The molecule has 1 aromatic carbocycles. The van der Waals surface area contributed by atoms with Crippen LogP contribution in [0, 0.1) is 11.3 Å². The first-order chi connectivity index (χ1) is 11.4. The molecule has 2 rings (SSSR count). The van der Waals surface area contributed by atoms with E-state index in [1.54, 1.807) is 13.1 Å². The van der Waals surface area contributed by atoms with Gasteiger partial charge < -0.3 is 15.4 Å². The Morgan fingerprint density at radius 1 is 1.38 bits per heavy atom. The molecule has 0 saturated heterocycles. The number of nitriles is 1. The molecule has 0 heterocycles. The van der Waals surface area contributed by atoms with Gasteiger partial charge in [-0.2, -0.15) is 5.26 Å². The summed E-state index contributed by atoms with van der Waals surface area (Å²) in [5.74, 6) is -0.804. The number of primary amides is 1. The Bertz CT molecular complexity index is 678. The van der Waals surface area contributed by atoms with Crippen LogP contribution >= 0.6 is 11.6 Å². The van der Waals surface area contributed by atoms with E-state index in [0.29, 0.717) is 17.9 Å². The maximum Gasteiger partial charge on any atom is 0.261 e. The Balaban J connectivity index is 2.08. The summed E-state index contributed by atoms with van der Waals surface area (Å²) in [4.78, 5) is 25.3. The maximum absolute atomic E-state index is 12.4. The maximum atomic E-state index is 12.4. The number of amides is 2. The van der Waals surface area contributed by atoms with E-state index < -0.39 is 11.4 Å². The number of carbonyl (C=O) groups is 2. The molecular formula is C17H20ClN3O3. The molecule has 7 heteroatoms. The molecule has 2 N–H and O–H groups in total. The van der Waals surface area contributed by atoms with Crippen LogP contribution in [0.5, 0.6) is 5.75 Å². The molecular weight excluding hydrogens is 330 g/mol. The minimum atomic E-state index is -0.773. The van der Waals surface area contributed by atoms with Crippen LogP contribution in [0.4, 0.5) is 0 Å². The van der Waals surface area contributed by atoms with Gasteiger partial charge in [-0.05, 0) is 31.0 Å². The summed E-state index contributed by atoms with van der Waals surface area (Å²) in [6.45, 7) is -0.276.